The van der Waals surface area contributed by atoms with Gasteiger partial charge in [0.25, 0.3) is 0 Å². The number of hydrogen-bond acceptors (Lipinski definition) is 2. The number of nitrogens with one attached hydrogen (secondary N) is 1. The molecule has 0 rings (SSSR count). The minimum absolute atomic E-state index is 0.440. The molecule has 0 aliphatic heterocycles. The first-order valence-electron chi connectivity index (χ1n) is 4.45. The van der Waals surface area contributed by atoms with Crippen molar-refractivity contribution in [2.75, 3.05) is 6.67 Å². The van der Waals surface area contributed by atoms with E-state index in [0.29, 0.717) is 6.42 Å². The summed E-state index contributed by atoms with van der Waals surface area (Å²) in [5.41, 5.74) is -0.664. The Kier molecular flexibility index (Phi) is 4.53. The number of carboxylic acids is 1. The maximum Gasteiger partial charge on any atom is 0.328 e. The van der Waals surface area contributed by atoms with Crippen LogP contribution in [0.2, 0.25) is 0 Å². The van der Waals surface area contributed by atoms with Crippen LogP contribution in [-0.2, 0) is 9.59 Å². The van der Waals surface area contributed by atoms with Gasteiger partial charge < -0.3 is 10.4 Å². The van der Waals surface area contributed by atoms with Gasteiger partial charge in [-0.3, -0.25) is 4.79 Å². The normalized spacial score (nSPS) is 13.4. The topological polar surface area (TPSA) is 66.4 Å². The lowest BCUT2D eigenvalue weighted by molar-refractivity contribution is -0.144. The zero-order valence-electron chi connectivity index (χ0n) is 8.63. The second kappa shape index (κ2) is 4.93. The van der Waals surface area contributed by atoms with Crippen molar-refractivity contribution < 1.29 is 19.1 Å². The second-order valence-electron chi connectivity index (χ2n) is 3.76. The van der Waals surface area contributed by atoms with Crippen molar-refractivity contribution >= 4 is 11.9 Å². The van der Waals surface area contributed by atoms with Crippen molar-refractivity contribution in [3.8, 4) is 0 Å². The first-order valence-corrected chi connectivity index (χ1v) is 4.45. The average molecular weight is 205 g/mol. The molecule has 0 fully saturated rings. The van der Waals surface area contributed by atoms with E-state index in [9.17, 15) is 14.0 Å². The highest BCUT2D eigenvalue weighted by Gasteiger charge is 2.29. The third-order valence-electron chi connectivity index (χ3n) is 2.26. The summed E-state index contributed by atoms with van der Waals surface area (Å²) in [4.78, 5) is 21.9. The molecule has 0 aromatic heterocycles. The summed E-state index contributed by atoms with van der Waals surface area (Å²) in [7, 11) is 0. The minimum atomic E-state index is -1.44. The lowest BCUT2D eigenvalue weighted by atomic mass is 9.89. The fourth-order valence-electron chi connectivity index (χ4n) is 0.680. The van der Waals surface area contributed by atoms with Crippen molar-refractivity contribution in [2.45, 2.75) is 33.2 Å². The van der Waals surface area contributed by atoms with Crippen LogP contribution < -0.4 is 5.32 Å². The Balaban J connectivity index is 4.37. The third kappa shape index (κ3) is 3.32. The predicted octanol–water partition coefficient (Wildman–Crippen LogP) is 0.962. The molecule has 0 bridgehead atoms. The van der Waals surface area contributed by atoms with E-state index in [4.69, 9.17) is 5.11 Å². The van der Waals surface area contributed by atoms with Gasteiger partial charge in [0.05, 0.1) is 0 Å². The zero-order chi connectivity index (χ0) is 11.4. The highest BCUT2D eigenvalue weighted by Crippen LogP contribution is 2.19. The molecule has 82 valence electrons. The van der Waals surface area contributed by atoms with Gasteiger partial charge in [0.15, 0.2) is 6.04 Å². The number of carboxylic acid groups (broad SMARTS) is 1. The molecule has 14 heavy (non-hydrogen) atoms. The van der Waals surface area contributed by atoms with Gasteiger partial charge in [0, 0.05) is 5.41 Å². The van der Waals surface area contributed by atoms with Crippen LogP contribution in [0.1, 0.15) is 27.2 Å². The third-order valence-corrected chi connectivity index (χ3v) is 2.26. The Morgan fingerprint density at radius 2 is 2.00 bits per heavy atom. The first-order chi connectivity index (χ1) is 6.35. The quantitative estimate of drug-likeness (QED) is 0.702. The van der Waals surface area contributed by atoms with Gasteiger partial charge in [-0.05, 0) is 6.42 Å². The lowest BCUT2D eigenvalue weighted by Crippen LogP contribution is -2.47. The van der Waals surface area contributed by atoms with Crippen molar-refractivity contribution in [1.82, 2.24) is 5.32 Å². The summed E-state index contributed by atoms with van der Waals surface area (Å²) in [5, 5.41) is 10.6. The van der Waals surface area contributed by atoms with Crippen LogP contribution >= 0.6 is 0 Å². The standard InChI is InChI=1S/C9H16FNO3/c1-4-9(2,3)8(14)11-6(5-10)7(12)13/h6H,4-5H2,1-3H3,(H,11,14)(H,12,13). The maximum atomic E-state index is 12.2. The van der Waals surface area contributed by atoms with Gasteiger partial charge in [0.2, 0.25) is 5.91 Å². The molecule has 0 saturated carbocycles. The largest absolute Gasteiger partial charge is 0.480 e. The fourth-order valence-corrected chi connectivity index (χ4v) is 0.680. The van der Waals surface area contributed by atoms with Gasteiger partial charge in [-0.15, -0.1) is 0 Å². The number of amides is 1. The van der Waals surface area contributed by atoms with Crippen molar-refractivity contribution in [3.63, 3.8) is 0 Å². The van der Waals surface area contributed by atoms with Crippen LogP contribution in [0.15, 0.2) is 0 Å². The summed E-state index contributed by atoms with van der Waals surface area (Å²) < 4.78 is 12.2. The highest BCUT2D eigenvalue weighted by atomic mass is 19.1. The van der Waals surface area contributed by atoms with Gasteiger partial charge in [-0.1, -0.05) is 20.8 Å². The number of carbonyl (C=O) groups is 2. The second-order valence-corrected chi connectivity index (χ2v) is 3.76. The number of carbonyl (C=O) groups excluding carboxylic acids is 1. The molecule has 1 unspecified atom stereocenters. The molecule has 1 atom stereocenters. The molecule has 0 aliphatic carbocycles. The molecule has 0 aliphatic rings. The van der Waals surface area contributed by atoms with Crippen LogP contribution in [-0.4, -0.2) is 29.7 Å². The number of halogens is 1. The molecule has 4 nitrogen and oxygen atoms in total. The van der Waals surface area contributed by atoms with E-state index >= 15 is 0 Å². The van der Waals surface area contributed by atoms with E-state index in [-0.39, 0.29) is 0 Å². The SMILES string of the molecule is CCC(C)(C)C(=O)NC(CF)C(=O)O. The number of hydrogen-bond donors (Lipinski definition) is 2. The number of aliphatic carboxylic acids is 1. The molecule has 0 heterocycles. The summed E-state index contributed by atoms with van der Waals surface area (Å²) in [5.74, 6) is -1.79. The molecule has 0 aromatic rings. The molecule has 0 aromatic carbocycles. The minimum Gasteiger partial charge on any atom is -0.480 e. The summed E-state index contributed by atoms with van der Waals surface area (Å²) in [6, 6.07) is -1.44. The monoisotopic (exact) mass is 205 g/mol. The Morgan fingerprint density at radius 1 is 1.50 bits per heavy atom. The molecule has 0 saturated heterocycles. The van der Waals surface area contributed by atoms with Gasteiger partial charge in [0.1, 0.15) is 6.67 Å². The van der Waals surface area contributed by atoms with Crippen LogP contribution in [0.4, 0.5) is 4.39 Å². The zero-order valence-corrected chi connectivity index (χ0v) is 8.63. The summed E-state index contributed by atoms with van der Waals surface area (Å²) in [6.07, 6.45) is 0.567. The Hall–Kier alpha value is -1.13. The van der Waals surface area contributed by atoms with Crippen LogP contribution in [0, 0.1) is 5.41 Å². The van der Waals surface area contributed by atoms with Gasteiger partial charge in [-0.25, -0.2) is 9.18 Å². The van der Waals surface area contributed by atoms with E-state index in [1.165, 1.54) is 0 Å². The van der Waals surface area contributed by atoms with Crippen molar-refractivity contribution in [1.29, 1.82) is 0 Å². The van der Waals surface area contributed by atoms with Crippen LogP contribution in [0.25, 0.3) is 0 Å². The number of rotatable bonds is 5. The predicted molar refractivity (Wildman–Crippen MR) is 49.6 cm³/mol. The van der Waals surface area contributed by atoms with Crippen LogP contribution in [0.3, 0.4) is 0 Å². The maximum absolute atomic E-state index is 12.2. The van der Waals surface area contributed by atoms with E-state index in [1.54, 1.807) is 13.8 Å². The van der Waals surface area contributed by atoms with Gasteiger partial charge in [-0.2, -0.15) is 0 Å². The lowest BCUT2D eigenvalue weighted by Gasteiger charge is -2.23. The molecular weight excluding hydrogens is 189 g/mol. The number of alkyl halides is 1. The van der Waals surface area contributed by atoms with E-state index < -0.39 is 30.0 Å². The van der Waals surface area contributed by atoms with Crippen molar-refractivity contribution in [2.24, 2.45) is 5.41 Å². The Morgan fingerprint density at radius 3 is 2.29 bits per heavy atom. The van der Waals surface area contributed by atoms with Crippen LogP contribution in [0.5, 0.6) is 0 Å². The van der Waals surface area contributed by atoms with E-state index in [2.05, 4.69) is 5.32 Å². The average Bonchev–Trinajstić information content (AvgIpc) is 2.12. The first kappa shape index (κ1) is 12.9. The Bertz CT molecular complexity index is 228. The molecular formula is C9H16FNO3. The van der Waals surface area contributed by atoms with Crippen molar-refractivity contribution in [3.05, 3.63) is 0 Å². The fraction of sp³-hybridized carbons (Fsp3) is 0.778. The smallest absolute Gasteiger partial charge is 0.328 e. The summed E-state index contributed by atoms with van der Waals surface area (Å²) in [6.45, 7) is 4.07. The molecule has 0 spiro atoms. The molecule has 5 heteroatoms. The molecule has 1 amide bonds. The Labute approximate surface area is 82.5 Å². The van der Waals surface area contributed by atoms with E-state index in [0.717, 1.165) is 0 Å². The van der Waals surface area contributed by atoms with E-state index in [1.807, 2.05) is 6.92 Å². The highest BCUT2D eigenvalue weighted by molar-refractivity contribution is 5.86. The van der Waals surface area contributed by atoms with Gasteiger partial charge >= 0.3 is 5.97 Å². The summed E-state index contributed by atoms with van der Waals surface area (Å²) >= 11 is 0. The molecule has 2 N–H and O–H groups in total. The molecule has 0 radical (unpaired) electrons.